The van der Waals surface area contributed by atoms with E-state index in [2.05, 4.69) is 0 Å². The van der Waals surface area contributed by atoms with Gasteiger partial charge in [-0.25, -0.2) is 0 Å². The van der Waals surface area contributed by atoms with Gasteiger partial charge >= 0.3 is 5.91 Å². The molecule has 0 heterocycles. The van der Waals surface area contributed by atoms with Gasteiger partial charge in [-0.3, -0.25) is 14.4 Å². The maximum Gasteiger partial charge on any atom is 0.301 e. The lowest BCUT2D eigenvalue weighted by Crippen LogP contribution is -2.50. The van der Waals surface area contributed by atoms with E-state index in [1.807, 2.05) is 0 Å². The normalized spacial score (nSPS) is 10.1. The number of para-hydroxylation sites is 2. The fourth-order valence-electron chi connectivity index (χ4n) is 2.17. The largest absolute Gasteiger partial charge is 0.496 e. The standard InChI is InChI=1S/C17H18N2O5/c1-23-15-11-7-6-10-14(15)17(22)19(24-2)18(16(21)12-20)13-8-4-3-5-9-13/h3-11,20H,12H2,1-2H3. The topological polar surface area (TPSA) is 79.3 Å². The average Bonchev–Trinajstić information content (AvgIpc) is 2.65. The van der Waals surface area contributed by atoms with Gasteiger partial charge in [-0.15, -0.1) is 5.17 Å². The lowest BCUT2D eigenvalue weighted by Gasteiger charge is -2.32. The Labute approximate surface area is 139 Å². The minimum absolute atomic E-state index is 0.216. The summed E-state index contributed by atoms with van der Waals surface area (Å²) >= 11 is 0. The van der Waals surface area contributed by atoms with Crippen LogP contribution >= 0.6 is 0 Å². The second kappa shape index (κ2) is 8.09. The van der Waals surface area contributed by atoms with Gasteiger partial charge in [-0.2, -0.15) is 5.01 Å². The summed E-state index contributed by atoms with van der Waals surface area (Å²) in [4.78, 5) is 30.1. The molecule has 0 unspecified atom stereocenters. The number of rotatable bonds is 5. The SMILES string of the molecule is COc1ccccc1C(=O)N(OC)N(C(=O)CO)c1ccccc1. The van der Waals surface area contributed by atoms with Gasteiger partial charge in [0.15, 0.2) is 0 Å². The summed E-state index contributed by atoms with van der Waals surface area (Å²) in [6, 6.07) is 15.0. The number of hydrogen-bond acceptors (Lipinski definition) is 5. The molecule has 0 aliphatic heterocycles. The number of anilines is 1. The van der Waals surface area contributed by atoms with Crippen LogP contribution in [-0.2, 0) is 9.63 Å². The van der Waals surface area contributed by atoms with Crippen LogP contribution in [0.15, 0.2) is 54.6 Å². The number of aliphatic hydroxyl groups excluding tert-OH is 1. The number of amides is 2. The number of ether oxygens (including phenoxy) is 1. The van der Waals surface area contributed by atoms with Crippen molar-refractivity contribution in [3.05, 3.63) is 60.2 Å². The van der Waals surface area contributed by atoms with Gasteiger partial charge in [0.05, 0.1) is 25.5 Å². The minimum Gasteiger partial charge on any atom is -0.496 e. The predicted molar refractivity (Wildman–Crippen MR) is 87.2 cm³/mol. The fraction of sp³-hybridized carbons (Fsp3) is 0.176. The molecule has 126 valence electrons. The molecule has 7 heteroatoms. The van der Waals surface area contributed by atoms with E-state index in [0.717, 1.165) is 10.2 Å². The van der Waals surface area contributed by atoms with Crippen molar-refractivity contribution in [1.29, 1.82) is 0 Å². The number of carbonyl (C=O) groups excluding carboxylic acids is 2. The molecule has 0 saturated heterocycles. The first-order valence-electron chi connectivity index (χ1n) is 7.14. The Morgan fingerprint density at radius 2 is 1.62 bits per heavy atom. The summed E-state index contributed by atoms with van der Waals surface area (Å²) in [5, 5.41) is 11.0. The van der Waals surface area contributed by atoms with E-state index in [-0.39, 0.29) is 5.56 Å². The van der Waals surface area contributed by atoms with E-state index < -0.39 is 18.4 Å². The zero-order valence-electron chi connectivity index (χ0n) is 13.4. The Bertz CT molecular complexity index is 705. The van der Waals surface area contributed by atoms with E-state index in [1.165, 1.54) is 14.2 Å². The van der Waals surface area contributed by atoms with Gasteiger partial charge in [-0.05, 0) is 24.3 Å². The van der Waals surface area contributed by atoms with Crippen LogP contribution < -0.4 is 9.75 Å². The first kappa shape index (κ1) is 17.5. The highest BCUT2D eigenvalue weighted by atomic mass is 16.7. The van der Waals surface area contributed by atoms with E-state index in [4.69, 9.17) is 9.57 Å². The lowest BCUT2D eigenvalue weighted by molar-refractivity contribution is -0.142. The average molecular weight is 330 g/mol. The number of carbonyl (C=O) groups is 2. The van der Waals surface area contributed by atoms with Crippen molar-refractivity contribution in [3.8, 4) is 5.75 Å². The van der Waals surface area contributed by atoms with Crippen LogP contribution in [0, 0.1) is 0 Å². The highest BCUT2D eigenvalue weighted by molar-refractivity contribution is 6.02. The molecule has 0 fully saturated rings. The molecule has 2 rings (SSSR count). The molecule has 24 heavy (non-hydrogen) atoms. The Hall–Kier alpha value is -2.90. The summed E-state index contributed by atoms with van der Waals surface area (Å²) in [6.45, 7) is -0.784. The Balaban J connectivity index is 2.46. The Kier molecular flexibility index (Phi) is 5.89. The van der Waals surface area contributed by atoms with Crippen LogP contribution in [0.4, 0.5) is 5.69 Å². The molecule has 0 aliphatic carbocycles. The van der Waals surface area contributed by atoms with Gasteiger partial charge in [0, 0.05) is 0 Å². The second-order valence-electron chi connectivity index (χ2n) is 4.66. The van der Waals surface area contributed by atoms with E-state index in [9.17, 15) is 14.7 Å². The third-order valence-electron chi connectivity index (χ3n) is 3.24. The van der Waals surface area contributed by atoms with Gasteiger partial charge in [0.1, 0.15) is 12.4 Å². The number of hydrazine groups is 1. The lowest BCUT2D eigenvalue weighted by atomic mass is 10.2. The van der Waals surface area contributed by atoms with Gasteiger partial charge in [-0.1, -0.05) is 30.3 Å². The highest BCUT2D eigenvalue weighted by Crippen LogP contribution is 2.23. The number of benzene rings is 2. The molecule has 0 atom stereocenters. The van der Waals surface area contributed by atoms with Crippen molar-refractivity contribution in [2.45, 2.75) is 0 Å². The van der Waals surface area contributed by atoms with Gasteiger partial charge < -0.3 is 9.84 Å². The van der Waals surface area contributed by atoms with Crippen LogP contribution in [0.1, 0.15) is 10.4 Å². The van der Waals surface area contributed by atoms with E-state index in [0.29, 0.717) is 11.4 Å². The molecule has 1 N–H and O–H groups in total. The molecular formula is C17H18N2O5. The molecule has 2 aromatic carbocycles. The maximum absolute atomic E-state index is 12.8. The van der Waals surface area contributed by atoms with Crippen LogP contribution in [0.3, 0.4) is 0 Å². The van der Waals surface area contributed by atoms with Crippen molar-refractivity contribution in [3.63, 3.8) is 0 Å². The van der Waals surface area contributed by atoms with Crippen molar-refractivity contribution in [2.75, 3.05) is 25.8 Å². The zero-order chi connectivity index (χ0) is 17.5. The van der Waals surface area contributed by atoms with Crippen molar-refractivity contribution in [2.24, 2.45) is 0 Å². The molecule has 7 nitrogen and oxygen atoms in total. The second-order valence-corrected chi connectivity index (χ2v) is 4.66. The van der Waals surface area contributed by atoms with Crippen LogP contribution in [0.5, 0.6) is 5.75 Å². The molecule has 0 spiro atoms. The highest BCUT2D eigenvalue weighted by Gasteiger charge is 2.30. The first-order valence-corrected chi connectivity index (χ1v) is 7.14. The molecule has 0 aliphatic rings. The molecule has 2 amide bonds. The molecule has 0 saturated carbocycles. The van der Waals surface area contributed by atoms with Crippen LogP contribution in [0.2, 0.25) is 0 Å². The van der Waals surface area contributed by atoms with E-state index in [1.54, 1.807) is 54.6 Å². The molecule has 0 bridgehead atoms. The summed E-state index contributed by atoms with van der Waals surface area (Å²) in [7, 11) is 2.70. The minimum atomic E-state index is -0.784. The number of nitrogens with zero attached hydrogens (tertiary/aromatic N) is 2. The first-order chi connectivity index (χ1) is 11.6. The number of methoxy groups -OCH3 is 1. The smallest absolute Gasteiger partial charge is 0.301 e. The summed E-state index contributed by atoms with van der Waals surface area (Å²) in [6.07, 6.45) is 0. The summed E-state index contributed by atoms with van der Waals surface area (Å²) in [5.41, 5.74) is 0.593. The third-order valence-corrected chi connectivity index (χ3v) is 3.24. The molecular weight excluding hydrogens is 312 g/mol. The monoisotopic (exact) mass is 330 g/mol. The third kappa shape index (κ3) is 3.53. The van der Waals surface area contributed by atoms with Gasteiger partial charge in [0.25, 0.3) is 5.91 Å². The zero-order valence-corrected chi connectivity index (χ0v) is 13.4. The number of aliphatic hydroxyl groups is 1. The number of hydroxylamine groups is 1. The fourth-order valence-corrected chi connectivity index (χ4v) is 2.17. The van der Waals surface area contributed by atoms with Crippen molar-refractivity contribution in [1.82, 2.24) is 5.17 Å². The molecule has 0 radical (unpaired) electrons. The molecule has 2 aromatic rings. The maximum atomic E-state index is 12.8. The van der Waals surface area contributed by atoms with Crippen molar-refractivity contribution < 1.29 is 24.3 Å². The summed E-state index contributed by atoms with van der Waals surface area (Å²) in [5.74, 6) is -0.985. The molecule has 0 aromatic heterocycles. The quantitative estimate of drug-likeness (QED) is 0.843. The van der Waals surface area contributed by atoms with Crippen LogP contribution in [-0.4, -0.2) is 42.9 Å². The van der Waals surface area contributed by atoms with Crippen LogP contribution in [0.25, 0.3) is 0 Å². The Morgan fingerprint density at radius 3 is 2.21 bits per heavy atom. The van der Waals surface area contributed by atoms with Crippen molar-refractivity contribution >= 4 is 17.5 Å². The number of hydrogen-bond donors (Lipinski definition) is 1. The van der Waals surface area contributed by atoms with E-state index >= 15 is 0 Å². The summed E-state index contributed by atoms with van der Waals surface area (Å²) < 4.78 is 5.18. The van der Waals surface area contributed by atoms with Gasteiger partial charge in [0.2, 0.25) is 0 Å². The predicted octanol–water partition coefficient (Wildman–Crippen LogP) is 1.64. The Morgan fingerprint density at radius 1 is 1.00 bits per heavy atom.